The average Bonchev–Trinajstić information content (AvgIpc) is 2.92. The molecule has 0 saturated heterocycles. The van der Waals surface area contributed by atoms with Crippen molar-refractivity contribution in [3.05, 3.63) is 59.7 Å². The Kier molecular flexibility index (Phi) is 7.20. The van der Waals surface area contributed by atoms with Crippen molar-refractivity contribution in [3.63, 3.8) is 0 Å². The molecule has 8 atom stereocenters. The van der Waals surface area contributed by atoms with Crippen molar-refractivity contribution in [1.82, 2.24) is 4.90 Å². The minimum absolute atomic E-state index is 0.113. The van der Waals surface area contributed by atoms with Crippen LogP contribution in [0.15, 0.2) is 53.4 Å². The molecule has 3 aliphatic rings. The Hall–Kier alpha value is -3.38. The van der Waals surface area contributed by atoms with E-state index in [1.807, 2.05) is 30.3 Å². The predicted octanol–water partition coefficient (Wildman–Crippen LogP) is 0.561. The van der Waals surface area contributed by atoms with Crippen LogP contribution in [0.4, 0.5) is 0 Å². The Morgan fingerprint density at radius 2 is 1.73 bits per heavy atom. The van der Waals surface area contributed by atoms with E-state index < -0.39 is 76.4 Å². The fourth-order valence-electron chi connectivity index (χ4n) is 6.78. The Morgan fingerprint density at radius 1 is 1.05 bits per heavy atom. The largest absolute Gasteiger partial charge is 0.507 e. The van der Waals surface area contributed by atoms with Gasteiger partial charge in [-0.2, -0.15) is 0 Å². The van der Waals surface area contributed by atoms with Crippen LogP contribution in [-0.4, -0.2) is 86.4 Å². The second-order valence-corrected chi connectivity index (χ2v) is 11.8. The van der Waals surface area contributed by atoms with Crippen molar-refractivity contribution in [2.24, 2.45) is 29.4 Å². The lowest BCUT2D eigenvalue weighted by Gasteiger charge is -2.56. The molecule has 2 fully saturated rings. The highest BCUT2D eigenvalue weighted by molar-refractivity contribution is 7.99. The number of hydrogen-bond acceptors (Lipinski definition) is 10. The summed E-state index contributed by atoms with van der Waals surface area (Å²) in [6.45, 7) is 1.92. The molecule has 0 aromatic heterocycles. The van der Waals surface area contributed by atoms with Gasteiger partial charge in [-0.05, 0) is 37.4 Å². The SMILES string of the molecule is CCN(C)C1C(=O)C(C(N)=O)C(=O)C2(O)C(=O)C3C(=O)c4c(O)cccc4C(CSc4ccccc4)C3C(O)C12. The Morgan fingerprint density at radius 3 is 2.35 bits per heavy atom. The summed E-state index contributed by atoms with van der Waals surface area (Å²) in [6, 6.07) is 12.5. The summed E-state index contributed by atoms with van der Waals surface area (Å²) in [5.74, 6) is -13.0. The fraction of sp³-hybridized carbons (Fsp3) is 0.414. The molecule has 2 saturated carbocycles. The van der Waals surface area contributed by atoms with Crippen LogP contribution >= 0.6 is 11.8 Å². The summed E-state index contributed by atoms with van der Waals surface area (Å²) in [5.41, 5.74) is 2.68. The number of carbonyl (C=O) groups excluding carboxylic acids is 5. The third-order valence-electron chi connectivity index (χ3n) is 8.74. The standard InChI is InChI=1S/C29H30N2O8S/c1-3-31(2)22-21-24(34)18-15(12-40-13-8-5-4-6-9-13)14-10-7-11-16(32)17(14)23(33)19(18)26(36)29(21,39)27(37)20(25(22)35)28(30)38/h4-11,15,18-22,24,32,34,39H,3,12H2,1-2H3,(H2,30,38). The number of likely N-dealkylation sites (N-methyl/N-ethyl adjacent to an activating group) is 1. The van der Waals surface area contributed by atoms with Crippen LogP contribution in [0.25, 0.3) is 0 Å². The molecular formula is C29H30N2O8S. The van der Waals surface area contributed by atoms with Crippen LogP contribution in [0.2, 0.25) is 0 Å². The molecule has 11 heteroatoms. The maximum atomic E-state index is 14.2. The number of hydrogen-bond donors (Lipinski definition) is 4. The summed E-state index contributed by atoms with van der Waals surface area (Å²) >= 11 is 1.42. The number of nitrogens with two attached hydrogens (primary N) is 1. The first-order chi connectivity index (χ1) is 19.0. The number of aliphatic hydroxyl groups is 2. The number of nitrogens with zero attached hydrogens (tertiary/aromatic N) is 1. The van der Waals surface area contributed by atoms with E-state index in [-0.39, 0.29) is 23.6 Å². The molecule has 210 valence electrons. The number of benzene rings is 2. The number of rotatable bonds is 6. The van der Waals surface area contributed by atoms with Gasteiger partial charge in [0.05, 0.1) is 29.5 Å². The van der Waals surface area contributed by atoms with Gasteiger partial charge >= 0.3 is 0 Å². The van der Waals surface area contributed by atoms with Gasteiger partial charge < -0.3 is 21.1 Å². The van der Waals surface area contributed by atoms with E-state index in [1.54, 1.807) is 19.1 Å². The first-order valence-electron chi connectivity index (χ1n) is 13.0. The molecule has 0 aliphatic heterocycles. The lowest BCUT2D eigenvalue weighted by molar-refractivity contribution is -0.197. The first kappa shape index (κ1) is 28.2. The van der Waals surface area contributed by atoms with Crippen LogP contribution in [0.5, 0.6) is 5.75 Å². The number of fused-ring (bicyclic) bond motifs is 3. The number of amides is 1. The van der Waals surface area contributed by atoms with E-state index in [9.17, 15) is 39.3 Å². The Labute approximate surface area is 234 Å². The molecular weight excluding hydrogens is 536 g/mol. The van der Waals surface area contributed by atoms with Gasteiger partial charge in [0.2, 0.25) is 5.91 Å². The molecule has 0 spiro atoms. The molecule has 8 unspecified atom stereocenters. The number of aliphatic hydroxyl groups excluding tert-OH is 1. The first-order valence-corrected chi connectivity index (χ1v) is 14.0. The third-order valence-corrected chi connectivity index (χ3v) is 9.87. The highest BCUT2D eigenvalue weighted by Crippen LogP contribution is 2.55. The maximum Gasteiger partial charge on any atom is 0.235 e. The van der Waals surface area contributed by atoms with E-state index in [4.69, 9.17) is 5.73 Å². The number of primary amides is 1. The molecule has 5 N–H and O–H groups in total. The smallest absolute Gasteiger partial charge is 0.235 e. The number of thioether (sulfide) groups is 1. The maximum absolute atomic E-state index is 14.2. The molecule has 5 rings (SSSR count). The zero-order chi connectivity index (χ0) is 29.1. The summed E-state index contributed by atoms with van der Waals surface area (Å²) < 4.78 is 0. The average molecular weight is 567 g/mol. The summed E-state index contributed by atoms with van der Waals surface area (Å²) in [5, 5.41) is 34.5. The normalized spacial score (nSPS) is 33.4. The summed E-state index contributed by atoms with van der Waals surface area (Å²) in [6.07, 6.45) is -1.67. The Balaban J connectivity index is 1.70. The van der Waals surface area contributed by atoms with Crippen molar-refractivity contribution >= 4 is 40.8 Å². The molecule has 0 bridgehead atoms. The summed E-state index contributed by atoms with van der Waals surface area (Å²) in [7, 11) is 1.52. The molecule has 40 heavy (non-hydrogen) atoms. The van der Waals surface area contributed by atoms with E-state index in [0.29, 0.717) is 5.56 Å². The minimum atomic E-state index is -3.02. The lowest BCUT2D eigenvalue weighted by atomic mass is 9.49. The molecule has 1 amide bonds. The number of phenolic OH excluding ortho intramolecular Hbond substituents is 1. The van der Waals surface area contributed by atoms with Crippen LogP contribution in [-0.2, 0) is 19.2 Å². The van der Waals surface area contributed by atoms with Gasteiger partial charge in [-0.1, -0.05) is 37.3 Å². The van der Waals surface area contributed by atoms with Gasteiger partial charge in [-0.25, -0.2) is 0 Å². The zero-order valence-corrected chi connectivity index (χ0v) is 22.7. The van der Waals surface area contributed by atoms with Crippen molar-refractivity contribution in [1.29, 1.82) is 0 Å². The highest BCUT2D eigenvalue weighted by atomic mass is 32.2. The second-order valence-electron chi connectivity index (χ2n) is 10.7. The number of carbonyl (C=O) groups is 5. The van der Waals surface area contributed by atoms with Crippen LogP contribution in [0.1, 0.15) is 28.8 Å². The molecule has 3 aliphatic carbocycles. The van der Waals surface area contributed by atoms with Crippen LogP contribution < -0.4 is 5.73 Å². The summed E-state index contributed by atoms with van der Waals surface area (Å²) in [4.78, 5) is 69.6. The van der Waals surface area contributed by atoms with E-state index in [2.05, 4.69) is 0 Å². The van der Waals surface area contributed by atoms with E-state index >= 15 is 0 Å². The van der Waals surface area contributed by atoms with Gasteiger partial charge in [0.1, 0.15) is 5.75 Å². The molecule has 2 aromatic rings. The second kappa shape index (κ2) is 10.2. The van der Waals surface area contributed by atoms with Gasteiger partial charge in [0.15, 0.2) is 34.7 Å². The topological polar surface area (TPSA) is 175 Å². The quantitative estimate of drug-likeness (QED) is 0.286. The number of Topliss-reactive ketones (excluding diaryl/α,β-unsaturated/α-hetero) is 4. The number of aromatic hydroxyl groups is 1. The predicted molar refractivity (Wildman–Crippen MR) is 144 cm³/mol. The van der Waals surface area contributed by atoms with Crippen molar-refractivity contribution in [2.75, 3.05) is 19.3 Å². The van der Waals surface area contributed by atoms with Gasteiger partial charge in [-0.3, -0.25) is 28.9 Å². The van der Waals surface area contributed by atoms with E-state index in [0.717, 1.165) is 4.90 Å². The van der Waals surface area contributed by atoms with Gasteiger partial charge in [0, 0.05) is 22.5 Å². The number of phenols is 1. The van der Waals surface area contributed by atoms with Crippen molar-refractivity contribution < 1.29 is 39.3 Å². The van der Waals surface area contributed by atoms with Gasteiger partial charge in [-0.15, -0.1) is 11.8 Å². The number of ketones is 4. The zero-order valence-electron chi connectivity index (χ0n) is 21.9. The fourth-order valence-corrected chi connectivity index (χ4v) is 7.90. The van der Waals surface area contributed by atoms with E-state index in [1.165, 1.54) is 29.8 Å². The van der Waals surface area contributed by atoms with Crippen molar-refractivity contribution in [2.45, 2.75) is 35.5 Å². The highest BCUT2D eigenvalue weighted by Gasteiger charge is 2.73. The molecule has 0 radical (unpaired) electrons. The van der Waals surface area contributed by atoms with Gasteiger partial charge in [0.25, 0.3) is 0 Å². The third kappa shape index (κ3) is 3.94. The minimum Gasteiger partial charge on any atom is -0.507 e. The molecule has 0 heterocycles. The monoisotopic (exact) mass is 566 g/mol. The van der Waals surface area contributed by atoms with Crippen molar-refractivity contribution in [3.8, 4) is 5.75 Å². The van der Waals surface area contributed by atoms with Crippen LogP contribution in [0.3, 0.4) is 0 Å². The Bertz CT molecular complexity index is 1410. The lowest BCUT2D eigenvalue weighted by Crippen LogP contribution is -2.78. The molecule has 2 aromatic carbocycles. The van der Waals surface area contributed by atoms with Crippen LogP contribution in [0, 0.1) is 23.7 Å². The molecule has 10 nitrogen and oxygen atoms in total.